The molecule has 0 atom stereocenters. The molecule has 15 heavy (non-hydrogen) atoms. The molecular weight excluding hydrogens is 234 g/mol. The first-order valence-corrected chi connectivity index (χ1v) is 6.09. The number of hydrogen-bond donors (Lipinski definition) is 1. The van der Waals surface area contributed by atoms with Crippen LogP contribution in [-0.4, -0.2) is 25.6 Å². The zero-order chi connectivity index (χ0) is 10.8. The topological polar surface area (TPSA) is 50.9 Å². The van der Waals surface area contributed by atoms with Crippen molar-refractivity contribution in [3.05, 3.63) is 17.4 Å². The molecule has 1 aliphatic carbocycles. The Balaban J connectivity index is 2.15. The van der Waals surface area contributed by atoms with Crippen LogP contribution in [0.3, 0.4) is 0 Å². The molecule has 82 valence electrons. The Hall–Kier alpha value is -0.520. The molecule has 1 saturated carbocycles. The van der Waals surface area contributed by atoms with E-state index in [1.807, 2.05) is 4.57 Å². The van der Waals surface area contributed by atoms with Crippen LogP contribution in [0.1, 0.15) is 24.7 Å². The summed E-state index contributed by atoms with van der Waals surface area (Å²) in [4.78, 5) is 0. The summed E-state index contributed by atoms with van der Waals surface area (Å²) in [7, 11) is 0. The van der Waals surface area contributed by atoms with E-state index in [2.05, 4.69) is 16.8 Å². The highest BCUT2D eigenvalue weighted by Crippen LogP contribution is 2.38. The standard InChI is InChI=1S/C9H12ClN3OS/c1-6(10)5-15-9-12-11-8(4-14)13(9)7-2-3-7/h7,14H,1-5H2. The van der Waals surface area contributed by atoms with Gasteiger partial charge < -0.3 is 9.67 Å². The van der Waals surface area contributed by atoms with E-state index in [1.54, 1.807) is 0 Å². The minimum atomic E-state index is -0.0636. The van der Waals surface area contributed by atoms with Crippen LogP contribution < -0.4 is 0 Å². The Morgan fingerprint density at radius 3 is 2.87 bits per heavy atom. The predicted molar refractivity (Wildman–Crippen MR) is 59.9 cm³/mol. The Morgan fingerprint density at radius 2 is 2.33 bits per heavy atom. The molecule has 0 amide bonds. The lowest BCUT2D eigenvalue weighted by Gasteiger charge is -2.06. The van der Waals surface area contributed by atoms with Crippen LogP contribution in [0, 0.1) is 0 Å². The van der Waals surface area contributed by atoms with E-state index in [-0.39, 0.29) is 6.61 Å². The summed E-state index contributed by atoms with van der Waals surface area (Å²) < 4.78 is 2.00. The van der Waals surface area contributed by atoms with E-state index >= 15 is 0 Å². The largest absolute Gasteiger partial charge is 0.388 e. The second-order valence-electron chi connectivity index (χ2n) is 3.46. The molecule has 1 fully saturated rings. The number of aliphatic hydroxyl groups excluding tert-OH is 1. The van der Waals surface area contributed by atoms with Crippen molar-refractivity contribution >= 4 is 23.4 Å². The highest BCUT2D eigenvalue weighted by atomic mass is 35.5. The zero-order valence-electron chi connectivity index (χ0n) is 8.19. The van der Waals surface area contributed by atoms with Gasteiger partial charge in [0.25, 0.3) is 0 Å². The maximum absolute atomic E-state index is 9.11. The van der Waals surface area contributed by atoms with Gasteiger partial charge >= 0.3 is 0 Å². The van der Waals surface area contributed by atoms with Crippen molar-refractivity contribution in [2.24, 2.45) is 0 Å². The summed E-state index contributed by atoms with van der Waals surface area (Å²) in [6, 6.07) is 0.466. The van der Waals surface area contributed by atoms with Gasteiger partial charge in [0.1, 0.15) is 6.61 Å². The normalized spacial score (nSPS) is 15.6. The first-order chi connectivity index (χ1) is 7.22. The van der Waals surface area contributed by atoms with Crippen molar-refractivity contribution in [3.8, 4) is 0 Å². The average molecular weight is 246 g/mol. The third-order valence-electron chi connectivity index (χ3n) is 2.15. The summed E-state index contributed by atoms with van der Waals surface area (Å²) in [6.45, 7) is 3.56. The second-order valence-corrected chi connectivity index (χ2v) is 4.94. The highest BCUT2D eigenvalue weighted by Gasteiger charge is 2.29. The van der Waals surface area contributed by atoms with Crippen molar-refractivity contribution < 1.29 is 5.11 Å². The van der Waals surface area contributed by atoms with E-state index in [0.717, 1.165) is 18.0 Å². The highest BCUT2D eigenvalue weighted by molar-refractivity contribution is 7.99. The van der Waals surface area contributed by atoms with Crippen LogP contribution >= 0.6 is 23.4 Å². The third-order valence-corrected chi connectivity index (χ3v) is 3.47. The van der Waals surface area contributed by atoms with E-state index in [1.165, 1.54) is 11.8 Å². The zero-order valence-corrected chi connectivity index (χ0v) is 9.76. The van der Waals surface area contributed by atoms with Crippen LogP contribution in [0.15, 0.2) is 16.8 Å². The summed E-state index contributed by atoms with van der Waals surface area (Å²) >= 11 is 7.20. The smallest absolute Gasteiger partial charge is 0.191 e. The number of hydrogen-bond acceptors (Lipinski definition) is 4. The monoisotopic (exact) mass is 245 g/mol. The Bertz CT molecular complexity index is 375. The van der Waals surface area contributed by atoms with Crippen molar-refractivity contribution in [3.63, 3.8) is 0 Å². The summed E-state index contributed by atoms with van der Waals surface area (Å²) in [5, 5.41) is 18.5. The molecule has 1 aliphatic rings. The van der Waals surface area contributed by atoms with Crippen LogP contribution in [0.25, 0.3) is 0 Å². The van der Waals surface area contributed by atoms with Gasteiger partial charge in [0.15, 0.2) is 11.0 Å². The fraction of sp³-hybridized carbons (Fsp3) is 0.556. The third kappa shape index (κ3) is 2.53. The minimum Gasteiger partial charge on any atom is -0.388 e. The van der Waals surface area contributed by atoms with Gasteiger partial charge in [-0.05, 0) is 12.8 Å². The summed E-state index contributed by atoms with van der Waals surface area (Å²) in [5.74, 6) is 1.26. The molecule has 0 bridgehead atoms. The average Bonchev–Trinajstić information content (AvgIpc) is 2.96. The van der Waals surface area contributed by atoms with Crippen molar-refractivity contribution in [2.75, 3.05) is 5.75 Å². The molecule has 0 aromatic carbocycles. The van der Waals surface area contributed by atoms with Crippen molar-refractivity contribution in [1.29, 1.82) is 0 Å². The van der Waals surface area contributed by atoms with Crippen LogP contribution in [0.5, 0.6) is 0 Å². The molecule has 1 aromatic rings. The predicted octanol–water partition coefficient (Wildman–Crippen LogP) is 1.95. The Kier molecular flexibility index (Phi) is 3.33. The van der Waals surface area contributed by atoms with Crippen LogP contribution in [-0.2, 0) is 6.61 Å². The number of halogens is 1. The molecule has 1 aromatic heterocycles. The molecule has 0 saturated heterocycles. The maximum Gasteiger partial charge on any atom is 0.191 e. The van der Waals surface area contributed by atoms with E-state index < -0.39 is 0 Å². The van der Waals surface area contributed by atoms with E-state index in [4.69, 9.17) is 16.7 Å². The fourth-order valence-corrected chi connectivity index (χ4v) is 2.30. The van der Waals surface area contributed by atoms with Gasteiger partial charge in [-0.25, -0.2) is 0 Å². The Labute approximate surface area is 97.3 Å². The van der Waals surface area contributed by atoms with Gasteiger partial charge in [0, 0.05) is 16.8 Å². The molecule has 1 N–H and O–H groups in total. The van der Waals surface area contributed by atoms with Gasteiger partial charge in [-0.1, -0.05) is 29.9 Å². The first-order valence-electron chi connectivity index (χ1n) is 4.73. The maximum atomic E-state index is 9.11. The lowest BCUT2D eigenvalue weighted by atomic mass is 10.6. The van der Waals surface area contributed by atoms with Crippen molar-refractivity contribution in [2.45, 2.75) is 30.6 Å². The molecule has 1 heterocycles. The lowest BCUT2D eigenvalue weighted by Crippen LogP contribution is -2.03. The van der Waals surface area contributed by atoms with Crippen LogP contribution in [0.2, 0.25) is 0 Å². The lowest BCUT2D eigenvalue weighted by molar-refractivity contribution is 0.263. The van der Waals surface area contributed by atoms with Gasteiger partial charge in [0.05, 0.1) is 0 Å². The molecule has 2 rings (SSSR count). The quantitative estimate of drug-likeness (QED) is 0.806. The Morgan fingerprint density at radius 1 is 1.60 bits per heavy atom. The van der Waals surface area contributed by atoms with Gasteiger partial charge in [-0.15, -0.1) is 10.2 Å². The second kappa shape index (κ2) is 4.55. The SMILES string of the molecule is C=C(Cl)CSc1nnc(CO)n1C1CC1. The number of thioether (sulfide) groups is 1. The molecule has 0 aliphatic heterocycles. The number of aliphatic hydroxyl groups is 1. The van der Waals surface area contributed by atoms with Gasteiger partial charge in [-0.3, -0.25) is 0 Å². The first kappa shape index (κ1) is 11.0. The fourth-order valence-electron chi connectivity index (χ4n) is 1.36. The molecule has 6 heteroatoms. The van der Waals surface area contributed by atoms with Crippen LogP contribution in [0.4, 0.5) is 0 Å². The van der Waals surface area contributed by atoms with E-state index in [9.17, 15) is 0 Å². The number of aromatic nitrogens is 3. The summed E-state index contributed by atoms with van der Waals surface area (Å²) in [6.07, 6.45) is 2.28. The minimum absolute atomic E-state index is 0.0636. The van der Waals surface area contributed by atoms with Gasteiger partial charge in [-0.2, -0.15) is 0 Å². The van der Waals surface area contributed by atoms with Gasteiger partial charge in [0.2, 0.25) is 0 Å². The molecule has 0 unspecified atom stereocenters. The molecule has 0 radical (unpaired) electrons. The molecule has 4 nitrogen and oxygen atoms in total. The molecule has 0 spiro atoms. The van der Waals surface area contributed by atoms with Crippen molar-refractivity contribution in [1.82, 2.24) is 14.8 Å². The molecular formula is C9H12ClN3OS. The van der Waals surface area contributed by atoms with E-state index in [0.29, 0.717) is 22.7 Å². The number of nitrogens with zero attached hydrogens (tertiary/aromatic N) is 3. The number of rotatable bonds is 5. The summed E-state index contributed by atoms with van der Waals surface area (Å²) in [5.41, 5.74) is 0.